The van der Waals surface area contributed by atoms with Crippen molar-refractivity contribution in [3.05, 3.63) is 35.8 Å². The number of ether oxygens (including phenoxy) is 1. The maximum absolute atomic E-state index is 13.8. The summed E-state index contributed by atoms with van der Waals surface area (Å²) in [5, 5.41) is 12.3. The highest BCUT2D eigenvalue weighted by Gasteiger charge is 2.17. The van der Waals surface area contributed by atoms with Crippen molar-refractivity contribution >= 4 is 5.88 Å². The van der Waals surface area contributed by atoms with Crippen molar-refractivity contribution in [2.75, 3.05) is 44.7 Å². The van der Waals surface area contributed by atoms with Gasteiger partial charge >= 0.3 is 0 Å². The van der Waals surface area contributed by atoms with Gasteiger partial charge in [-0.1, -0.05) is 12.1 Å². The van der Waals surface area contributed by atoms with Gasteiger partial charge in [0.2, 0.25) is 17.5 Å². The number of halogens is 1. The standard InChI is InChI=1S/C17H19FN4O2/c18-14-5-2-1-4-13(14)16-21-15(12-19)17(24-16)20-6-3-7-22-8-10-23-11-9-22/h1-2,4-5,20H,3,6-11H2/p+1. The maximum Gasteiger partial charge on any atom is 0.233 e. The number of aromatic nitrogens is 1. The minimum atomic E-state index is -0.425. The minimum absolute atomic E-state index is 0.117. The van der Waals surface area contributed by atoms with Crippen molar-refractivity contribution < 1.29 is 18.4 Å². The Hall–Kier alpha value is -2.43. The van der Waals surface area contributed by atoms with Crippen molar-refractivity contribution in [1.29, 1.82) is 5.26 Å². The highest BCUT2D eigenvalue weighted by Crippen LogP contribution is 2.26. The number of rotatable bonds is 6. The molecule has 1 saturated heterocycles. The van der Waals surface area contributed by atoms with E-state index < -0.39 is 5.82 Å². The maximum atomic E-state index is 13.8. The van der Waals surface area contributed by atoms with E-state index in [1.54, 1.807) is 18.2 Å². The fourth-order valence-electron chi connectivity index (χ4n) is 2.72. The number of nitrogens with one attached hydrogen (secondary N) is 2. The molecule has 1 fully saturated rings. The lowest BCUT2D eigenvalue weighted by atomic mass is 10.2. The largest absolute Gasteiger partial charge is 0.419 e. The first-order valence-corrected chi connectivity index (χ1v) is 8.09. The number of oxazole rings is 1. The number of hydrogen-bond acceptors (Lipinski definition) is 5. The summed E-state index contributed by atoms with van der Waals surface area (Å²) < 4.78 is 24.7. The monoisotopic (exact) mass is 331 g/mol. The fraction of sp³-hybridized carbons (Fsp3) is 0.412. The summed E-state index contributed by atoms with van der Waals surface area (Å²) in [5.41, 5.74) is 0.395. The van der Waals surface area contributed by atoms with Crippen LogP contribution in [0.1, 0.15) is 12.1 Å². The number of benzene rings is 1. The molecule has 0 amide bonds. The Morgan fingerprint density at radius 1 is 1.29 bits per heavy atom. The van der Waals surface area contributed by atoms with Gasteiger partial charge in [0, 0.05) is 13.0 Å². The summed E-state index contributed by atoms with van der Waals surface area (Å²) in [5.74, 6) is -0.00982. The molecule has 3 rings (SSSR count). The summed E-state index contributed by atoms with van der Waals surface area (Å²) in [6.45, 7) is 5.40. The Labute approximate surface area is 139 Å². The van der Waals surface area contributed by atoms with Gasteiger partial charge in [-0.3, -0.25) is 0 Å². The number of nitrogens with zero attached hydrogens (tertiary/aromatic N) is 2. The molecule has 6 nitrogen and oxygen atoms in total. The quantitative estimate of drug-likeness (QED) is 0.775. The first-order valence-electron chi connectivity index (χ1n) is 8.09. The molecule has 24 heavy (non-hydrogen) atoms. The third-order valence-corrected chi connectivity index (χ3v) is 4.03. The van der Waals surface area contributed by atoms with Crippen LogP contribution in [-0.2, 0) is 4.74 Å². The molecule has 1 aromatic heterocycles. The summed E-state index contributed by atoms with van der Waals surface area (Å²) in [4.78, 5) is 5.60. The lowest BCUT2D eigenvalue weighted by molar-refractivity contribution is -0.908. The average Bonchev–Trinajstić information content (AvgIpc) is 3.03. The van der Waals surface area contributed by atoms with Crippen LogP contribution in [0.3, 0.4) is 0 Å². The third kappa shape index (κ3) is 3.91. The average molecular weight is 331 g/mol. The summed E-state index contributed by atoms with van der Waals surface area (Å²) in [7, 11) is 0. The van der Waals surface area contributed by atoms with Crippen LogP contribution < -0.4 is 10.2 Å². The molecule has 1 aliphatic rings. The smallest absolute Gasteiger partial charge is 0.233 e. The Morgan fingerprint density at radius 2 is 2.08 bits per heavy atom. The molecule has 1 aliphatic heterocycles. The molecule has 2 N–H and O–H groups in total. The zero-order valence-electron chi connectivity index (χ0n) is 13.3. The van der Waals surface area contributed by atoms with E-state index >= 15 is 0 Å². The van der Waals surface area contributed by atoms with Crippen LogP contribution in [-0.4, -0.2) is 44.4 Å². The Morgan fingerprint density at radius 3 is 2.83 bits per heavy atom. The van der Waals surface area contributed by atoms with Gasteiger partial charge in [-0.2, -0.15) is 10.2 Å². The second-order valence-corrected chi connectivity index (χ2v) is 5.68. The minimum Gasteiger partial charge on any atom is -0.419 e. The van der Waals surface area contributed by atoms with E-state index in [2.05, 4.69) is 10.3 Å². The van der Waals surface area contributed by atoms with Crippen LogP contribution in [0.5, 0.6) is 0 Å². The van der Waals surface area contributed by atoms with Gasteiger partial charge in [-0.15, -0.1) is 0 Å². The van der Waals surface area contributed by atoms with Crippen molar-refractivity contribution in [3.63, 3.8) is 0 Å². The van der Waals surface area contributed by atoms with Crippen LogP contribution in [0, 0.1) is 17.1 Å². The number of hydrogen-bond donors (Lipinski definition) is 2. The van der Waals surface area contributed by atoms with Crippen molar-refractivity contribution in [2.24, 2.45) is 0 Å². The molecule has 7 heteroatoms. The van der Waals surface area contributed by atoms with Gasteiger partial charge in [-0.25, -0.2) is 4.39 Å². The van der Waals surface area contributed by atoms with Gasteiger partial charge in [-0.05, 0) is 12.1 Å². The number of quaternary nitrogens is 1. The topological polar surface area (TPSA) is 75.5 Å². The SMILES string of the molecule is N#Cc1nc(-c2ccccc2F)oc1NCCC[NH+]1CCOCC1. The first-order chi connectivity index (χ1) is 11.8. The predicted molar refractivity (Wildman–Crippen MR) is 86.1 cm³/mol. The zero-order chi connectivity index (χ0) is 16.8. The molecule has 0 saturated carbocycles. The number of anilines is 1. The van der Waals surface area contributed by atoms with E-state index in [4.69, 9.17) is 9.15 Å². The van der Waals surface area contributed by atoms with Gasteiger partial charge in [0.05, 0.1) is 25.3 Å². The van der Waals surface area contributed by atoms with E-state index in [9.17, 15) is 9.65 Å². The molecule has 1 aromatic carbocycles. The van der Waals surface area contributed by atoms with Crippen molar-refractivity contribution in [1.82, 2.24) is 4.98 Å². The molecular weight excluding hydrogens is 311 g/mol. The molecule has 0 aliphatic carbocycles. The molecule has 0 atom stereocenters. The Kier molecular flexibility index (Phi) is 5.41. The fourth-order valence-corrected chi connectivity index (χ4v) is 2.72. The highest BCUT2D eigenvalue weighted by atomic mass is 19.1. The number of nitriles is 1. The van der Waals surface area contributed by atoms with E-state index in [1.165, 1.54) is 11.0 Å². The molecule has 0 spiro atoms. The van der Waals surface area contributed by atoms with E-state index in [0.29, 0.717) is 12.4 Å². The van der Waals surface area contributed by atoms with Crippen molar-refractivity contribution in [3.8, 4) is 17.5 Å². The van der Waals surface area contributed by atoms with Crippen LogP contribution in [0.2, 0.25) is 0 Å². The lowest BCUT2D eigenvalue weighted by Crippen LogP contribution is -3.14. The van der Waals surface area contributed by atoms with Crippen LogP contribution in [0.25, 0.3) is 11.5 Å². The van der Waals surface area contributed by atoms with Crippen molar-refractivity contribution in [2.45, 2.75) is 6.42 Å². The Bertz CT molecular complexity index is 720. The third-order valence-electron chi connectivity index (χ3n) is 4.03. The van der Waals surface area contributed by atoms with E-state index in [-0.39, 0.29) is 17.1 Å². The van der Waals surface area contributed by atoms with Gasteiger partial charge in [0.1, 0.15) is 25.0 Å². The van der Waals surface area contributed by atoms with Crippen LogP contribution in [0.15, 0.2) is 28.7 Å². The second-order valence-electron chi connectivity index (χ2n) is 5.68. The molecule has 0 radical (unpaired) electrons. The molecular formula is C17H20FN4O2+. The highest BCUT2D eigenvalue weighted by molar-refractivity contribution is 5.59. The molecule has 2 aromatic rings. The molecule has 2 heterocycles. The van der Waals surface area contributed by atoms with Crippen LogP contribution >= 0.6 is 0 Å². The first kappa shape index (κ1) is 16.4. The van der Waals surface area contributed by atoms with Gasteiger partial charge < -0.3 is 19.4 Å². The Balaban J connectivity index is 1.59. The van der Waals surface area contributed by atoms with Gasteiger partial charge in [0.25, 0.3) is 0 Å². The normalized spacial score (nSPS) is 15.2. The zero-order valence-corrected chi connectivity index (χ0v) is 13.3. The lowest BCUT2D eigenvalue weighted by Gasteiger charge is -2.23. The van der Waals surface area contributed by atoms with E-state index in [0.717, 1.165) is 39.3 Å². The van der Waals surface area contributed by atoms with E-state index in [1.807, 2.05) is 6.07 Å². The molecule has 126 valence electrons. The predicted octanol–water partition coefficient (Wildman–Crippen LogP) is 1.07. The summed E-state index contributed by atoms with van der Waals surface area (Å²) >= 11 is 0. The van der Waals surface area contributed by atoms with Crippen LogP contribution in [0.4, 0.5) is 10.3 Å². The second kappa shape index (κ2) is 7.90. The molecule has 0 unspecified atom stereocenters. The number of morpholine rings is 1. The molecule has 0 bridgehead atoms. The summed E-state index contributed by atoms with van der Waals surface area (Å²) in [6, 6.07) is 8.20. The van der Waals surface area contributed by atoms with Gasteiger partial charge in [0.15, 0.2) is 0 Å². The summed E-state index contributed by atoms with van der Waals surface area (Å²) in [6.07, 6.45) is 0.940.